The van der Waals surface area contributed by atoms with Gasteiger partial charge in [-0.3, -0.25) is 0 Å². The van der Waals surface area contributed by atoms with E-state index in [1.54, 1.807) is 31.8 Å². The number of methoxy groups -OCH3 is 1. The molecule has 0 spiro atoms. The quantitative estimate of drug-likeness (QED) is 0.715. The molecule has 146 valence electrons. The largest absolute Gasteiger partial charge is 0.496 e. The number of hydrogen-bond donors (Lipinski definition) is 1. The van der Waals surface area contributed by atoms with E-state index in [1.165, 1.54) is 4.31 Å². The summed E-state index contributed by atoms with van der Waals surface area (Å²) in [5.41, 5.74) is 2.41. The van der Waals surface area contributed by atoms with Crippen LogP contribution in [0.5, 0.6) is 5.75 Å². The molecule has 0 saturated heterocycles. The fourth-order valence-electron chi connectivity index (χ4n) is 3.47. The molecule has 0 fully saturated rings. The van der Waals surface area contributed by atoms with Gasteiger partial charge in [-0.25, -0.2) is 13.4 Å². The standard InChI is InChI=1S/C20H22N4O3S/c1-27-19-8-4-2-6-16(19)13-23-10-11-24(14-17-12-21-15-22-17)28(25,26)20-9-5-3-7-18(20)23/h2-9,12,15H,10-11,13-14H2,1H3,(H,21,22). The molecule has 0 unspecified atom stereocenters. The summed E-state index contributed by atoms with van der Waals surface area (Å²) >= 11 is 0. The van der Waals surface area contributed by atoms with E-state index in [4.69, 9.17) is 4.74 Å². The fraction of sp³-hybridized carbons (Fsp3) is 0.250. The Hall–Kier alpha value is -2.84. The first-order chi connectivity index (χ1) is 13.6. The van der Waals surface area contributed by atoms with Crippen molar-refractivity contribution in [2.45, 2.75) is 18.0 Å². The van der Waals surface area contributed by atoms with E-state index in [9.17, 15) is 8.42 Å². The monoisotopic (exact) mass is 398 g/mol. The lowest BCUT2D eigenvalue weighted by Crippen LogP contribution is -2.34. The van der Waals surface area contributed by atoms with Crippen LogP contribution in [0.15, 0.2) is 66.0 Å². The maximum absolute atomic E-state index is 13.3. The molecule has 28 heavy (non-hydrogen) atoms. The fourth-order valence-corrected chi connectivity index (χ4v) is 5.09. The van der Waals surface area contributed by atoms with E-state index in [1.807, 2.05) is 36.4 Å². The van der Waals surface area contributed by atoms with E-state index in [2.05, 4.69) is 14.9 Å². The van der Waals surface area contributed by atoms with Crippen LogP contribution in [-0.2, 0) is 23.1 Å². The van der Waals surface area contributed by atoms with E-state index in [0.717, 1.165) is 11.3 Å². The number of nitrogens with zero attached hydrogens (tertiary/aromatic N) is 3. The highest BCUT2D eigenvalue weighted by Crippen LogP contribution is 2.33. The molecule has 0 saturated carbocycles. The molecule has 0 aliphatic carbocycles. The highest BCUT2D eigenvalue weighted by atomic mass is 32.2. The van der Waals surface area contributed by atoms with E-state index >= 15 is 0 Å². The van der Waals surface area contributed by atoms with Gasteiger partial charge in [0.2, 0.25) is 10.0 Å². The number of aromatic nitrogens is 2. The minimum atomic E-state index is -3.63. The summed E-state index contributed by atoms with van der Waals surface area (Å²) in [6, 6.07) is 15.0. The Bertz CT molecular complexity index is 1050. The highest BCUT2D eigenvalue weighted by molar-refractivity contribution is 7.89. The summed E-state index contributed by atoms with van der Waals surface area (Å²) in [5.74, 6) is 0.792. The normalized spacial score (nSPS) is 16.4. The van der Waals surface area contributed by atoms with Crippen molar-refractivity contribution in [2.24, 2.45) is 0 Å². The number of fused-ring (bicyclic) bond motifs is 1. The molecule has 3 aromatic rings. The van der Waals surface area contributed by atoms with Gasteiger partial charge in [-0.2, -0.15) is 4.31 Å². The van der Waals surface area contributed by atoms with Gasteiger partial charge in [0.1, 0.15) is 10.6 Å². The van der Waals surface area contributed by atoms with Gasteiger partial charge in [0.15, 0.2) is 0 Å². The molecule has 8 heteroatoms. The second-order valence-electron chi connectivity index (χ2n) is 6.60. The predicted molar refractivity (Wildman–Crippen MR) is 107 cm³/mol. The highest BCUT2D eigenvalue weighted by Gasteiger charge is 2.32. The molecule has 7 nitrogen and oxygen atoms in total. The number of imidazole rings is 1. The van der Waals surface area contributed by atoms with Gasteiger partial charge < -0.3 is 14.6 Å². The molecular formula is C20H22N4O3S. The maximum atomic E-state index is 13.3. The predicted octanol–water partition coefficient (Wildman–Crippen LogP) is 2.63. The van der Waals surface area contributed by atoms with E-state index < -0.39 is 10.0 Å². The van der Waals surface area contributed by atoms with Crippen molar-refractivity contribution in [3.8, 4) is 5.75 Å². The van der Waals surface area contributed by atoms with Gasteiger partial charge in [0, 0.05) is 31.4 Å². The number of sulfonamides is 1. The van der Waals surface area contributed by atoms with Crippen LogP contribution in [0, 0.1) is 0 Å². The average Bonchev–Trinajstić information content (AvgIpc) is 3.20. The van der Waals surface area contributed by atoms with Crippen molar-refractivity contribution in [3.05, 3.63) is 72.3 Å². The molecule has 1 aliphatic heterocycles. The number of H-pyrrole nitrogens is 1. The van der Waals surface area contributed by atoms with Crippen molar-refractivity contribution in [3.63, 3.8) is 0 Å². The lowest BCUT2D eigenvalue weighted by atomic mass is 10.1. The van der Waals surface area contributed by atoms with Gasteiger partial charge in [0.05, 0.1) is 31.4 Å². The molecule has 1 N–H and O–H groups in total. The van der Waals surface area contributed by atoms with Crippen LogP contribution in [0.2, 0.25) is 0 Å². The number of hydrogen-bond acceptors (Lipinski definition) is 5. The Morgan fingerprint density at radius 3 is 2.64 bits per heavy atom. The van der Waals surface area contributed by atoms with Crippen molar-refractivity contribution in [2.75, 3.05) is 25.1 Å². The molecule has 0 bridgehead atoms. The van der Waals surface area contributed by atoms with Gasteiger partial charge in [0.25, 0.3) is 0 Å². The van der Waals surface area contributed by atoms with Crippen molar-refractivity contribution >= 4 is 15.7 Å². The number of benzene rings is 2. The molecular weight excluding hydrogens is 376 g/mol. The zero-order valence-corrected chi connectivity index (χ0v) is 16.4. The summed E-state index contributed by atoms with van der Waals surface area (Å²) in [5, 5.41) is 0. The molecule has 0 atom stereocenters. The zero-order valence-electron chi connectivity index (χ0n) is 15.6. The zero-order chi connectivity index (χ0) is 19.6. The number of ether oxygens (including phenoxy) is 1. The van der Waals surface area contributed by atoms with Crippen LogP contribution in [0.1, 0.15) is 11.3 Å². The second-order valence-corrected chi connectivity index (χ2v) is 8.51. The number of aromatic amines is 1. The Kier molecular flexibility index (Phi) is 5.06. The minimum absolute atomic E-state index is 0.239. The van der Waals surface area contributed by atoms with Crippen LogP contribution in [0.4, 0.5) is 5.69 Å². The number of anilines is 1. The molecule has 1 aromatic heterocycles. The van der Waals surface area contributed by atoms with E-state index in [-0.39, 0.29) is 6.54 Å². The van der Waals surface area contributed by atoms with E-state index in [0.29, 0.717) is 35.9 Å². The third-order valence-electron chi connectivity index (χ3n) is 4.89. The third-order valence-corrected chi connectivity index (χ3v) is 6.78. The SMILES string of the molecule is COc1ccccc1CN1CCN(Cc2c[nH]cn2)S(=O)(=O)c2ccccc21. The van der Waals surface area contributed by atoms with Crippen molar-refractivity contribution in [1.82, 2.24) is 14.3 Å². The first kappa shape index (κ1) is 18.5. The number of para-hydroxylation sites is 2. The first-order valence-electron chi connectivity index (χ1n) is 9.03. The molecule has 4 rings (SSSR count). The lowest BCUT2D eigenvalue weighted by molar-refractivity contribution is 0.404. The van der Waals surface area contributed by atoms with Gasteiger partial charge >= 0.3 is 0 Å². The summed E-state index contributed by atoms with van der Waals surface area (Å²) in [6.45, 7) is 1.74. The summed E-state index contributed by atoms with van der Waals surface area (Å²) < 4.78 is 33.6. The van der Waals surface area contributed by atoms with Crippen LogP contribution >= 0.6 is 0 Å². The molecule has 0 radical (unpaired) electrons. The smallest absolute Gasteiger partial charge is 0.245 e. The van der Waals surface area contributed by atoms with Crippen LogP contribution in [0.25, 0.3) is 0 Å². The topological polar surface area (TPSA) is 78.5 Å². The van der Waals surface area contributed by atoms with Crippen molar-refractivity contribution < 1.29 is 13.2 Å². The minimum Gasteiger partial charge on any atom is -0.496 e. The number of nitrogens with one attached hydrogen (secondary N) is 1. The van der Waals surface area contributed by atoms with Gasteiger partial charge in [-0.05, 0) is 18.2 Å². The summed E-state index contributed by atoms with van der Waals surface area (Å²) in [7, 11) is -1.99. The second kappa shape index (κ2) is 7.65. The third kappa shape index (κ3) is 3.48. The first-order valence-corrected chi connectivity index (χ1v) is 10.5. The Balaban J connectivity index is 1.71. The van der Waals surface area contributed by atoms with Gasteiger partial charge in [-0.1, -0.05) is 30.3 Å². The maximum Gasteiger partial charge on any atom is 0.245 e. The van der Waals surface area contributed by atoms with Crippen LogP contribution in [0.3, 0.4) is 0 Å². The van der Waals surface area contributed by atoms with Crippen LogP contribution in [-0.4, -0.2) is 42.9 Å². The van der Waals surface area contributed by atoms with Gasteiger partial charge in [-0.15, -0.1) is 0 Å². The molecule has 2 aromatic carbocycles. The summed E-state index contributed by atoms with van der Waals surface area (Å²) in [4.78, 5) is 9.47. The van der Waals surface area contributed by atoms with Crippen molar-refractivity contribution in [1.29, 1.82) is 0 Å². The molecule has 1 aliphatic rings. The Labute approximate surface area is 164 Å². The molecule has 0 amide bonds. The average molecular weight is 398 g/mol. The molecule has 2 heterocycles. The Morgan fingerprint density at radius 2 is 1.86 bits per heavy atom. The lowest BCUT2D eigenvalue weighted by Gasteiger charge is -2.25. The number of rotatable bonds is 5. The van der Waals surface area contributed by atoms with Crippen LogP contribution < -0.4 is 9.64 Å². The summed E-state index contributed by atoms with van der Waals surface area (Å²) in [6.07, 6.45) is 3.28. The Morgan fingerprint density at radius 1 is 1.07 bits per heavy atom.